The van der Waals surface area contributed by atoms with Gasteiger partial charge in [0.2, 0.25) is 0 Å². The van der Waals surface area contributed by atoms with Crippen LogP contribution in [0, 0.1) is 5.82 Å². The lowest BCUT2D eigenvalue weighted by atomic mass is 10.1. The summed E-state index contributed by atoms with van der Waals surface area (Å²) in [5, 5.41) is 4.43. The SMILES string of the molecule is NC1c2ccccc2ON1c1cccc(CNC(=O)c2cccc(F)c2)c1. The Morgan fingerprint density at radius 2 is 1.89 bits per heavy atom. The van der Waals surface area contributed by atoms with Crippen molar-refractivity contribution in [3.05, 3.63) is 95.3 Å². The van der Waals surface area contributed by atoms with Crippen molar-refractivity contribution in [3.63, 3.8) is 0 Å². The number of hydrogen-bond donors (Lipinski definition) is 2. The summed E-state index contributed by atoms with van der Waals surface area (Å²) >= 11 is 0. The summed E-state index contributed by atoms with van der Waals surface area (Å²) in [7, 11) is 0. The highest BCUT2D eigenvalue weighted by atomic mass is 19.1. The molecule has 3 N–H and O–H groups in total. The maximum Gasteiger partial charge on any atom is 0.251 e. The van der Waals surface area contributed by atoms with E-state index < -0.39 is 12.0 Å². The van der Waals surface area contributed by atoms with Crippen molar-refractivity contribution < 1.29 is 14.0 Å². The van der Waals surface area contributed by atoms with Gasteiger partial charge in [-0.25, -0.2) is 4.39 Å². The van der Waals surface area contributed by atoms with Crippen LogP contribution < -0.4 is 21.0 Å². The minimum absolute atomic E-state index is 0.284. The minimum atomic E-state index is -0.440. The summed E-state index contributed by atoms with van der Waals surface area (Å²) in [6.07, 6.45) is -0.404. The number of para-hydroxylation sites is 1. The van der Waals surface area contributed by atoms with Crippen molar-refractivity contribution in [2.45, 2.75) is 12.7 Å². The van der Waals surface area contributed by atoms with Crippen LogP contribution in [0.2, 0.25) is 0 Å². The first-order valence-electron chi connectivity index (χ1n) is 8.56. The van der Waals surface area contributed by atoms with Crippen molar-refractivity contribution in [1.82, 2.24) is 5.32 Å². The smallest absolute Gasteiger partial charge is 0.251 e. The van der Waals surface area contributed by atoms with Gasteiger partial charge < -0.3 is 15.9 Å². The monoisotopic (exact) mass is 363 g/mol. The summed E-state index contributed by atoms with van der Waals surface area (Å²) in [4.78, 5) is 18.0. The minimum Gasteiger partial charge on any atom is -0.377 e. The first-order chi connectivity index (χ1) is 13.1. The molecule has 0 saturated heterocycles. The lowest BCUT2D eigenvalue weighted by Gasteiger charge is -2.22. The molecule has 3 aromatic carbocycles. The van der Waals surface area contributed by atoms with Crippen LogP contribution in [-0.4, -0.2) is 5.91 Å². The Hall–Kier alpha value is -3.38. The van der Waals surface area contributed by atoms with E-state index in [0.717, 1.165) is 22.6 Å². The predicted molar refractivity (Wildman–Crippen MR) is 100 cm³/mol. The first-order valence-corrected chi connectivity index (χ1v) is 8.56. The van der Waals surface area contributed by atoms with E-state index >= 15 is 0 Å². The van der Waals surface area contributed by atoms with Gasteiger partial charge in [-0.3, -0.25) is 4.79 Å². The predicted octanol–water partition coefficient (Wildman–Crippen LogP) is 3.53. The molecule has 27 heavy (non-hydrogen) atoms. The Labute approximate surface area is 156 Å². The lowest BCUT2D eigenvalue weighted by Crippen LogP contribution is -2.31. The van der Waals surface area contributed by atoms with Gasteiger partial charge >= 0.3 is 0 Å². The highest BCUT2D eigenvalue weighted by Crippen LogP contribution is 2.37. The van der Waals surface area contributed by atoms with Crippen molar-refractivity contribution in [1.29, 1.82) is 0 Å². The number of hydrogen-bond acceptors (Lipinski definition) is 4. The normalized spacial score (nSPS) is 15.2. The van der Waals surface area contributed by atoms with Gasteiger partial charge in [0, 0.05) is 17.7 Å². The van der Waals surface area contributed by atoms with E-state index in [2.05, 4.69) is 5.32 Å². The molecule has 1 aliphatic rings. The number of carbonyl (C=O) groups is 1. The zero-order chi connectivity index (χ0) is 18.8. The molecule has 0 fully saturated rings. The molecular weight excluding hydrogens is 345 g/mol. The number of nitrogens with two attached hydrogens (primary N) is 1. The van der Waals surface area contributed by atoms with E-state index in [-0.39, 0.29) is 11.5 Å². The van der Waals surface area contributed by atoms with Crippen LogP contribution in [0.5, 0.6) is 5.75 Å². The Balaban J connectivity index is 1.47. The topological polar surface area (TPSA) is 67.6 Å². The Bertz CT molecular complexity index is 992. The summed E-state index contributed by atoms with van der Waals surface area (Å²) in [6, 6.07) is 20.8. The molecule has 0 bridgehead atoms. The average Bonchev–Trinajstić information content (AvgIpc) is 3.03. The van der Waals surface area contributed by atoms with E-state index in [9.17, 15) is 9.18 Å². The molecule has 1 amide bonds. The molecule has 1 unspecified atom stereocenters. The van der Waals surface area contributed by atoms with E-state index in [1.54, 1.807) is 11.1 Å². The van der Waals surface area contributed by atoms with Crippen LogP contribution in [0.1, 0.15) is 27.7 Å². The quantitative estimate of drug-likeness (QED) is 0.744. The highest BCUT2D eigenvalue weighted by Gasteiger charge is 2.29. The van der Waals surface area contributed by atoms with Crippen molar-refractivity contribution in [2.75, 3.05) is 5.06 Å². The van der Waals surface area contributed by atoms with Crippen LogP contribution in [0.3, 0.4) is 0 Å². The Kier molecular flexibility index (Phi) is 4.48. The third-order valence-corrected chi connectivity index (χ3v) is 4.39. The summed E-state index contributed by atoms with van der Waals surface area (Å²) in [5.41, 5.74) is 9.15. The van der Waals surface area contributed by atoms with Gasteiger partial charge in [0.15, 0.2) is 5.75 Å². The van der Waals surface area contributed by atoms with E-state index in [0.29, 0.717) is 6.54 Å². The Morgan fingerprint density at radius 3 is 2.70 bits per heavy atom. The standard InChI is InChI=1S/C21H18FN3O2/c22-16-7-4-6-15(12-16)21(26)24-13-14-5-3-8-17(11-14)25-20(23)18-9-1-2-10-19(18)27-25/h1-12,20H,13,23H2,(H,24,26). The number of hydroxylamine groups is 1. The van der Waals surface area contributed by atoms with Crippen LogP contribution in [-0.2, 0) is 6.54 Å². The molecular formula is C21H18FN3O2. The number of anilines is 1. The molecule has 4 rings (SSSR count). The number of carbonyl (C=O) groups excluding carboxylic acids is 1. The second-order valence-electron chi connectivity index (χ2n) is 6.26. The fraction of sp³-hybridized carbons (Fsp3) is 0.0952. The first kappa shape index (κ1) is 17.1. The molecule has 6 heteroatoms. The van der Waals surface area contributed by atoms with E-state index in [4.69, 9.17) is 10.6 Å². The van der Waals surface area contributed by atoms with Crippen molar-refractivity contribution >= 4 is 11.6 Å². The number of amides is 1. The number of rotatable bonds is 4. The molecule has 1 aliphatic heterocycles. The second kappa shape index (κ2) is 7.09. The number of halogens is 1. The fourth-order valence-electron chi connectivity index (χ4n) is 3.03. The van der Waals surface area contributed by atoms with Crippen LogP contribution >= 0.6 is 0 Å². The number of nitrogens with zero attached hydrogens (tertiary/aromatic N) is 1. The van der Waals surface area contributed by atoms with Gasteiger partial charge in [0.05, 0.1) is 5.69 Å². The Morgan fingerprint density at radius 1 is 1.07 bits per heavy atom. The molecule has 0 saturated carbocycles. The fourth-order valence-corrected chi connectivity index (χ4v) is 3.03. The third kappa shape index (κ3) is 3.47. The average molecular weight is 363 g/mol. The molecule has 5 nitrogen and oxygen atoms in total. The van der Waals surface area contributed by atoms with Crippen molar-refractivity contribution in [3.8, 4) is 5.75 Å². The van der Waals surface area contributed by atoms with Gasteiger partial charge in [-0.2, -0.15) is 5.06 Å². The lowest BCUT2D eigenvalue weighted by molar-refractivity contribution is 0.0950. The highest BCUT2D eigenvalue weighted by molar-refractivity contribution is 5.94. The van der Waals surface area contributed by atoms with Gasteiger partial charge in [-0.05, 0) is 42.0 Å². The van der Waals surface area contributed by atoms with Crippen LogP contribution in [0.25, 0.3) is 0 Å². The maximum atomic E-state index is 13.3. The molecule has 3 aromatic rings. The zero-order valence-corrected chi connectivity index (χ0v) is 14.4. The largest absolute Gasteiger partial charge is 0.377 e. The number of nitrogens with one attached hydrogen (secondary N) is 1. The van der Waals surface area contributed by atoms with E-state index in [1.807, 2.05) is 48.5 Å². The van der Waals surface area contributed by atoms with Gasteiger partial charge in [0.1, 0.15) is 12.0 Å². The molecule has 0 aliphatic carbocycles. The molecule has 0 radical (unpaired) electrons. The third-order valence-electron chi connectivity index (χ3n) is 4.39. The van der Waals surface area contributed by atoms with Gasteiger partial charge in [-0.15, -0.1) is 0 Å². The second-order valence-corrected chi connectivity index (χ2v) is 6.26. The van der Waals surface area contributed by atoms with E-state index in [1.165, 1.54) is 18.2 Å². The maximum absolute atomic E-state index is 13.3. The molecule has 136 valence electrons. The molecule has 0 aromatic heterocycles. The number of benzene rings is 3. The summed E-state index contributed by atoms with van der Waals surface area (Å²) < 4.78 is 13.3. The van der Waals surface area contributed by atoms with Crippen LogP contribution in [0.4, 0.5) is 10.1 Å². The molecule has 1 atom stereocenters. The van der Waals surface area contributed by atoms with Crippen molar-refractivity contribution in [2.24, 2.45) is 5.73 Å². The van der Waals surface area contributed by atoms with Crippen LogP contribution in [0.15, 0.2) is 72.8 Å². The zero-order valence-electron chi connectivity index (χ0n) is 14.4. The summed E-state index contributed by atoms with van der Waals surface area (Å²) in [5.74, 6) is -0.0411. The summed E-state index contributed by atoms with van der Waals surface area (Å²) in [6.45, 7) is 0.305. The van der Waals surface area contributed by atoms with Gasteiger partial charge in [-0.1, -0.05) is 36.4 Å². The molecule has 0 spiro atoms. The van der Waals surface area contributed by atoms with Gasteiger partial charge in [0.25, 0.3) is 5.91 Å². The molecule has 1 heterocycles. The number of fused-ring (bicyclic) bond motifs is 1.